The molecule has 1 fully saturated rings. The highest BCUT2D eigenvalue weighted by Gasteiger charge is 2.70. The molecule has 0 bridgehead atoms. The average molecular weight is 234 g/mol. The fraction of sp³-hybridized carbons (Fsp3) is 0.182. The zero-order valence-corrected chi connectivity index (χ0v) is 8.75. The zero-order chi connectivity index (χ0) is 12.6. The second-order valence-electron chi connectivity index (χ2n) is 3.69. The smallest absolute Gasteiger partial charge is 0.262 e. The van der Waals surface area contributed by atoms with E-state index in [-0.39, 0.29) is 0 Å². The molecule has 1 unspecified atom stereocenters. The SMILES string of the molecule is NC(=O)C1(C(N)=O)OC1C(=O)c1ccccc1. The number of Topliss-reactive ketones (excluding diaryl/α,β-unsaturated/α-hetero) is 1. The van der Waals surface area contributed by atoms with Gasteiger partial charge in [0.2, 0.25) is 0 Å². The van der Waals surface area contributed by atoms with Gasteiger partial charge in [-0.25, -0.2) is 0 Å². The van der Waals surface area contributed by atoms with Gasteiger partial charge in [0.25, 0.3) is 17.4 Å². The Balaban J connectivity index is 2.26. The monoisotopic (exact) mass is 234 g/mol. The predicted octanol–water partition coefficient (Wildman–Crippen LogP) is -1.02. The molecule has 0 spiro atoms. The summed E-state index contributed by atoms with van der Waals surface area (Å²) in [6.45, 7) is 0. The minimum absolute atomic E-state index is 0.335. The maximum atomic E-state index is 11.9. The molecule has 0 aromatic heterocycles. The van der Waals surface area contributed by atoms with Gasteiger partial charge in [0, 0.05) is 5.56 Å². The number of hydrogen-bond donors (Lipinski definition) is 2. The molecule has 4 N–H and O–H groups in total. The molecule has 0 saturated carbocycles. The molecule has 88 valence electrons. The summed E-state index contributed by atoms with van der Waals surface area (Å²) in [7, 11) is 0. The van der Waals surface area contributed by atoms with Crippen LogP contribution in [0, 0.1) is 0 Å². The number of carbonyl (C=O) groups is 3. The molecule has 0 radical (unpaired) electrons. The summed E-state index contributed by atoms with van der Waals surface area (Å²) in [6.07, 6.45) is -1.21. The highest BCUT2D eigenvalue weighted by Crippen LogP contribution is 2.38. The third-order valence-corrected chi connectivity index (χ3v) is 2.64. The van der Waals surface area contributed by atoms with Crippen molar-refractivity contribution in [1.29, 1.82) is 0 Å². The van der Waals surface area contributed by atoms with Crippen molar-refractivity contribution in [3.8, 4) is 0 Å². The first-order valence-electron chi connectivity index (χ1n) is 4.87. The first-order valence-corrected chi connectivity index (χ1v) is 4.87. The van der Waals surface area contributed by atoms with Crippen LogP contribution in [0.2, 0.25) is 0 Å². The van der Waals surface area contributed by atoms with Crippen molar-refractivity contribution in [2.45, 2.75) is 11.7 Å². The number of ketones is 1. The summed E-state index contributed by atoms with van der Waals surface area (Å²) in [5, 5.41) is 0. The molecular weight excluding hydrogens is 224 g/mol. The van der Waals surface area contributed by atoms with Gasteiger partial charge in [-0.1, -0.05) is 30.3 Å². The minimum Gasteiger partial charge on any atom is -0.367 e. The average Bonchev–Trinajstić information content (AvgIpc) is 3.06. The van der Waals surface area contributed by atoms with Crippen LogP contribution in [0.25, 0.3) is 0 Å². The number of epoxide rings is 1. The molecule has 2 rings (SSSR count). The fourth-order valence-electron chi connectivity index (χ4n) is 1.64. The van der Waals surface area contributed by atoms with Gasteiger partial charge in [-0.15, -0.1) is 0 Å². The highest BCUT2D eigenvalue weighted by molar-refractivity contribution is 6.19. The number of primary amides is 2. The van der Waals surface area contributed by atoms with E-state index in [4.69, 9.17) is 16.2 Å². The normalized spacial score (nSPS) is 20.6. The number of nitrogens with two attached hydrogens (primary N) is 2. The van der Waals surface area contributed by atoms with E-state index in [1.807, 2.05) is 0 Å². The van der Waals surface area contributed by atoms with E-state index in [9.17, 15) is 14.4 Å². The Labute approximate surface area is 96.5 Å². The van der Waals surface area contributed by atoms with Crippen LogP contribution in [0.15, 0.2) is 30.3 Å². The zero-order valence-electron chi connectivity index (χ0n) is 8.75. The summed E-state index contributed by atoms with van der Waals surface area (Å²) in [5.41, 5.74) is 8.40. The number of rotatable bonds is 4. The summed E-state index contributed by atoms with van der Waals surface area (Å²) in [5.74, 6) is -2.57. The molecule has 1 aromatic rings. The standard InChI is InChI=1S/C11H10N2O4/c12-9(15)11(10(13)16)8(17-11)7(14)6-4-2-1-3-5-6/h1-5,8H,(H2,12,15)(H2,13,16). The lowest BCUT2D eigenvalue weighted by Gasteiger charge is -2.02. The largest absolute Gasteiger partial charge is 0.367 e. The molecule has 0 aliphatic carbocycles. The maximum absolute atomic E-state index is 11.9. The Morgan fingerprint density at radius 1 is 1.06 bits per heavy atom. The Bertz CT molecular complexity index is 483. The van der Waals surface area contributed by atoms with Gasteiger partial charge in [-0.2, -0.15) is 0 Å². The molecule has 6 heteroatoms. The molecule has 6 nitrogen and oxygen atoms in total. The fourth-order valence-corrected chi connectivity index (χ4v) is 1.64. The van der Waals surface area contributed by atoms with Gasteiger partial charge < -0.3 is 16.2 Å². The van der Waals surface area contributed by atoms with Crippen molar-refractivity contribution < 1.29 is 19.1 Å². The predicted molar refractivity (Wildman–Crippen MR) is 56.8 cm³/mol. The van der Waals surface area contributed by atoms with Crippen LogP contribution in [0.5, 0.6) is 0 Å². The van der Waals surface area contributed by atoms with Crippen LogP contribution in [-0.2, 0) is 14.3 Å². The molecular formula is C11H10N2O4. The van der Waals surface area contributed by atoms with Crippen molar-refractivity contribution >= 4 is 17.6 Å². The summed E-state index contributed by atoms with van der Waals surface area (Å²) in [6, 6.07) is 8.16. The van der Waals surface area contributed by atoms with Gasteiger partial charge in [-0.3, -0.25) is 14.4 Å². The number of carbonyl (C=O) groups excluding carboxylic acids is 3. The van der Waals surface area contributed by atoms with Gasteiger partial charge in [-0.05, 0) is 0 Å². The second kappa shape index (κ2) is 3.67. The maximum Gasteiger partial charge on any atom is 0.262 e. The van der Waals surface area contributed by atoms with Crippen molar-refractivity contribution in [3.63, 3.8) is 0 Å². The van der Waals surface area contributed by atoms with E-state index in [1.165, 1.54) is 0 Å². The van der Waals surface area contributed by atoms with Crippen LogP contribution in [-0.4, -0.2) is 29.3 Å². The number of hydrogen-bond acceptors (Lipinski definition) is 4. The van der Waals surface area contributed by atoms with E-state index in [0.29, 0.717) is 5.56 Å². The van der Waals surface area contributed by atoms with Crippen LogP contribution in [0.3, 0.4) is 0 Å². The molecule has 1 heterocycles. The first-order chi connectivity index (χ1) is 8.00. The third-order valence-electron chi connectivity index (χ3n) is 2.64. The molecule has 1 atom stereocenters. The second-order valence-corrected chi connectivity index (χ2v) is 3.69. The van der Waals surface area contributed by atoms with Crippen molar-refractivity contribution in [2.75, 3.05) is 0 Å². The van der Waals surface area contributed by atoms with Gasteiger partial charge in [0.1, 0.15) is 0 Å². The molecule has 2 amide bonds. The third kappa shape index (κ3) is 1.58. The minimum atomic E-state index is -1.98. The molecule has 17 heavy (non-hydrogen) atoms. The Hall–Kier alpha value is -2.21. The van der Waals surface area contributed by atoms with Gasteiger partial charge in [0.05, 0.1) is 0 Å². The summed E-state index contributed by atoms with van der Waals surface area (Å²) >= 11 is 0. The Kier molecular flexibility index (Phi) is 2.44. The van der Waals surface area contributed by atoms with Crippen molar-refractivity contribution in [3.05, 3.63) is 35.9 Å². The molecule has 1 aliphatic rings. The lowest BCUT2D eigenvalue weighted by Crippen LogP contribution is -2.47. The quantitative estimate of drug-likeness (QED) is 0.394. The van der Waals surface area contributed by atoms with Crippen LogP contribution in [0.4, 0.5) is 0 Å². The Morgan fingerprint density at radius 3 is 2.00 bits per heavy atom. The van der Waals surface area contributed by atoms with E-state index in [1.54, 1.807) is 30.3 Å². The molecule has 1 aliphatic heterocycles. The van der Waals surface area contributed by atoms with Crippen LogP contribution >= 0.6 is 0 Å². The lowest BCUT2D eigenvalue weighted by molar-refractivity contribution is -0.133. The van der Waals surface area contributed by atoms with Crippen molar-refractivity contribution in [1.82, 2.24) is 0 Å². The topological polar surface area (TPSA) is 116 Å². The molecule has 1 saturated heterocycles. The lowest BCUT2D eigenvalue weighted by atomic mass is 9.97. The van der Waals surface area contributed by atoms with Crippen molar-refractivity contribution in [2.24, 2.45) is 11.5 Å². The van der Waals surface area contributed by atoms with E-state index in [0.717, 1.165) is 0 Å². The van der Waals surface area contributed by atoms with E-state index >= 15 is 0 Å². The van der Waals surface area contributed by atoms with E-state index < -0.39 is 29.3 Å². The molecule has 1 aromatic carbocycles. The Morgan fingerprint density at radius 2 is 1.59 bits per heavy atom. The summed E-state index contributed by atoms with van der Waals surface area (Å²) < 4.78 is 4.85. The van der Waals surface area contributed by atoms with Crippen LogP contribution in [0.1, 0.15) is 10.4 Å². The number of amides is 2. The first kappa shape index (κ1) is 11.3. The number of benzene rings is 1. The number of ether oxygens (including phenoxy) is 1. The van der Waals surface area contributed by atoms with E-state index in [2.05, 4.69) is 0 Å². The van der Waals surface area contributed by atoms with Gasteiger partial charge in [0.15, 0.2) is 11.9 Å². The van der Waals surface area contributed by atoms with Gasteiger partial charge >= 0.3 is 0 Å². The summed E-state index contributed by atoms with van der Waals surface area (Å²) in [4.78, 5) is 34.1. The highest BCUT2D eigenvalue weighted by atomic mass is 16.6. The van der Waals surface area contributed by atoms with Crippen LogP contribution < -0.4 is 11.5 Å².